The third-order valence-electron chi connectivity index (χ3n) is 4.52. The van der Waals surface area contributed by atoms with Gasteiger partial charge >= 0.3 is 0 Å². The first-order chi connectivity index (χ1) is 9.56. The van der Waals surface area contributed by atoms with Crippen molar-refractivity contribution in [3.8, 4) is 0 Å². The molecular weight excluding hydrogens is 252 g/mol. The van der Waals surface area contributed by atoms with E-state index in [1.54, 1.807) is 4.90 Å². The summed E-state index contributed by atoms with van der Waals surface area (Å²) >= 11 is 0. The lowest BCUT2D eigenvalue weighted by molar-refractivity contribution is -0.144. The van der Waals surface area contributed by atoms with E-state index in [0.29, 0.717) is 5.92 Å². The highest BCUT2D eigenvalue weighted by atomic mass is 16.2. The summed E-state index contributed by atoms with van der Waals surface area (Å²) in [5.41, 5.74) is 0. The molecule has 1 heterocycles. The summed E-state index contributed by atoms with van der Waals surface area (Å²) in [7, 11) is 0. The van der Waals surface area contributed by atoms with E-state index >= 15 is 0 Å². The molecule has 2 aliphatic rings. The molecule has 1 saturated heterocycles. The maximum atomic E-state index is 12.4. The summed E-state index contributed by atoms with van der Waals surface area (Å²) in [6, 6.07) is -0.303. The van der Waals surface area contributed by atoms with Crippen LogP contribution in [0.2, 0.25) is 0 Å². The summed E-state index contributed by atoms with van der Waals surface area (Å²) in [5.74, 6) is 1.29. The number of nitrogens with one attached hydrogen (secondary N) is 1. The standard InChI is InChI=1S/C16H28N2O2/c1-12(2)10-14-16(20)18(11-15(19)17-14)9-8-13-6-4-3-5-7-13/h12-14H,3-11H2,1-2H3,(H,17,19). The zero-order valence-electron chi connectivity index (χ0n) is 12.9. The van der Waals surface area contributed by atoms with Gasteiger partial charge in [0.1, 0.15) is 6.04 Å². The highest BCUT2D eigenvalue weighted by Gasteiger charge is 2.32. The molecule has 2 rings (SSSR count). The van der Waals surface area contributed by atoms with Gasteiger partial charge in [0.25, 0.3) is 0 Å². The van der Waals surface area contributed by atoms with Crippen LogP contribution in [0.5, 0.6) is 0 Å². The molecule has 4 heteroatoms. The molecule has 20 heavy (non-hydrogen) atoms. The van der Waals surface area contributed by atoms with Crippen molar-refractivity contribution in [3.05, 3.63) is 0 Å². The van der Waals surface area contributed by atoms with Crippen LogP contribution in [0, 0.1) is 11.8 Å². The highest BCUT2D eigenvalue weighted by molar-refractivity contribution is 5.94. The minimum Gasteiger partial charge on any atom is -0.343 e. The molecule has 0 aromatic heterocycles. The predicted molar refractivity (Wildman–Crippen MR) is 79.2 cm³/mol. The lowest BCUT2D eigenvalue weighted by Crippen LogP contribution is -2.58. The molecule has 0 spiro atoms. The maximum absolute atomic E-state index is 12.4. The van der Waals surface area contributed by atoms with Crippen molar-refractivity contribution in [1.29, 1.82) is 0 Å². The lowest BCUT2D eigenvalue weighted by atomic mass is 9.87. The fourth-order valence-corrected chi connectivity index (χ4v) is 3.41. The molecule has 1 saturated carbocycles. The van der Waals surface area contributed by atoms with Crippen molar-refractivity contribution in [3.63, 3.8) is 0 Å². The minimum absolute atomic E-state index is 0.00102. The second-order valence-electron chi connectivity index (χ2n) is 6.80. The van der Waals surface area contributed by atoms with Crippen LogP contribution in [0.1, 0.15) is 58.8 Å². The van der Waals surface area contributed by atoms with Crippen LogP contribution in [-0.2, 0) is 9.59 Å². The first kappa shape index (κ1) is 15.3. The molecule has 1 N–H and O–H groups in total. The average Bonchev–Trinajstić information content (AvgIpc) is 2.41. The zero-order valence-corrected chi connectivity index (χ0v) is 12.9. The predicted octanol–water partition coefficient (Wildman–Crippen LogP) is 2.33. The number of carbonyl (C=O) groups excluding carboxylic acids is 2. The minimum atomic E-state index is -0.303. The Kier molecular flexibility index (Phi) is 5.44. The average molecular weight is 280 g/mol. The van der Waals surface area contributed by atoms with Gasteiger partial charge in [0.2, 0.25) is 11.8 Å². The Morgan fingerprint density at radius 3 is 2.55 bits per heavy atom. The number of hydrogen-bond donors (Lipinski definition) is 1. The van der Waals surface area contributed by atoms with E-state index in [0.717, 1.165) is 25.3 Å². The molecule has 0 aromatic carbocycles. The van der Waals surface area contributed by atoms with E-state index in [2.05, 4.69) is 19.2 Å². The number of nitrogens with zero attached hydrogens (tertiary/aromatic N) is 1. The van der Waals surface area contributed by atoms with Gasteiger partial charge in [-0.2, -0.15) is 0 Å². The van der Waals surface area contributed by atoms with Gasteiger partial charge in [-0.15, -0.1) is 0 Å². The second-order valence-corrected chi connectivity index (χ2v) is 6.80. The van der Waals surface area contributed by atoms with E-state index in [1.165, 1.54) is 32.1 Å². The zero-order chi connectivity index (χ0) is 14.5. The van der Waals surface area contributed by atoms with Crippen LogP contribution in [0.15, 0.2) is 0 Å². The van der Waals surface area contributed by atoms with Crippen LogP contribution < -0.4 is 5.32 Å². The van der Waals surface area contributed by atoms with Crippen molar-refractivity contribution in [1.82, 2.24) is 10.2 Å². The number of hydrogen-bond acceptors (Lipinski definition) is 2. The Bertz CT molecular complexity index is 348. The van der Waals surface area contributed by atoms with Gasteiger partial charge in [0, 0.05) is 6.54 Å². The number of carbonyl (C=O) groups is 2. The van der Waals surface area contributed by atoms with Gasteiger partial charge in [0.15, 0.2) is 0 Å². The van der Waals surface area contributed by atoms with Crippen molar-refractivity contribution in [2.45, 2.75) is 64.8 Å². The molecule has 1 unspecified atom stereocenters. The Hall–Kier alpha value is -1.06. The molecule has 2 fully saturated rings. The van der Waals surface area contributed by atoms with Crippen molar-refractivity contribution >= 4 is 11.8 Å². The summed E-state index contributed by atoms with van der Waals surface area (Å²) in [6.07, 6.45) is 8.41. The van der Waals surface area contributed by atoms with Gasteiger partial charge in [-0.25, -0.2) is 0 Å². The number of rotatable bonds is 5. The van der Waals surface area contributed by atoms with Gasteiger partial charge in [0.05, 0.1) is 6.54 Å². The Balaban J connectivity index is 1.85. The molecule has 0 bridgehead atoms. The Morgan fingerprint density at radius 1 is 1.20 bits per heavy atom. The van der Waals surface area contributed by atoms with E-state index in [9.17, 15) is 9.59 Å². The SMILES string of the molecule is CC(C)CC1NC(=O)CN(CCC2CCCCC2)C1=O. The summed E-state index contributed by atoms with van der Waals surface area (Å²) in [4.78, 5) is 25.9. The first-order valence-electron chi connectivity index (χ1n) is 8.14. The first-order valence-corrected chi connectivity index (χ1v) is 8.14. The largest absolute Gasteiger partial charge is 0.343 e. The van der Waals surface area contributed by atoms with Crippen LogP contribution in [0.3, 0.4) is 0 Å². The second kappa shape index (κ2) is 7.09. The summed E-state index contributed by atoms with van der Waals surface area (Å²) < 4.78 is 0. The fraction of sp³-hybridized carbons (Fsp3) is 0.875. The molecule has 1 aliphatic carbocycles. The molecule has 1 atom stereocenters. The maximum Gasteiger partial charge on any atom is 0.245 e. The summed E-state index contributed by atoms with van der Waals surface area (Å²) in [6.45, 7) is 5.17. The fourth-order valence-electron chi connectivity index (χ4n) is 3.41. The molecule has 0 radical (unpaired) electrons. The topological polar surface area (TPSA) is 49.4 Å². The molecule has 1 aliphatic heterocycles. The van der Waals surface area contributed by atoms with Gasteiger partial charge in [-0.1, -0.05) is 46.0 Å². The van der Waals surface area contributed by atoms with Crippen LogP contribution in [0.4, 0.5) is 0 Å². The molecule has 4 nitrogen and oxygen atoms in total. The Morgan fingerprint density at radius 2 is 1.90 bits per heavy atom. The van der Waals surface area contributed by atoms with Crippen molar-refractivity contribution in [2.75, 3.05) is 13.1 Å². The third kappa shape index (κ3) is 4.22. The van der Waals surface area contributed by atoms with Gasteiger partial charge < -0.3 is 10.2 Å². The Labute approximate surface area is 122 Å². The third-order valence-corrected chi connectivity index (χ3v) is 4.52. The van der Waals surface area contributed by atoms with Crippen LogP contribution >= 0.6 is 0 Å². The number of amides is 2. The smallest absolute Gasteiger partial charge is 0.245 e. The molecule has 2 amide bonds. The normalized spacial score (nSPS) is 25.1. The van der Waals surface area contributed by atoms with E-state index in [-0.39, 0.29) is 24.4 Å². The quantitative estimate of drug-likeness (QED) is 0.840. The van der Waals surface area contributed by atoms with Crippen LogP contribution in [0.25, 0.3) is 0 Å². The monoisotopic (exact) mass is 280 g/mol. The van der Waals surface area contributed by atoms with E-state index in [1.807, 2.05) is 0 Å². The van der Waals surface area contributed by atoms with Crippen molar-refractivity contribution in [2.24, 2.45) is 11.8 Å². The molecule has 0 aromatic rings. The van der Waals surface area contributed by atoms with Crippen molar-refractivity contribution < 1.29 is 9.59 Å². The van der Waals surface area contributed by atoms with E-state index < -0.39 is 0 Å². The van der Waals surface area contributed by atoms with E-state index in [4.69, 9.17) is 0 Å². The van der Waals surface area contributed by atoms with Gasteiger partial charge in [-0.05, 0) is 24.7 Å². The summed E-state index contributed by atoms with van der Waals surface area (Å²) in [5, 5.41) is 2.84. The number of piperazine rings is 1. The highest BCUT2D eigenvalue weighted by Crippen LogP contribution is 2.26. The molecular formula is C16H28N2O2. The van der Waals surface area contributed by atoms with Gasteiger partial charge in [-0.3, -0.25) is 9.59 Å². The lowest BCUT2D eigenvalue weighted by Gasteiger charge is -2.34. The molecule has 114 valence electrons. The van der Waals surface area contributed by atoms with Crippen LogP contribution in [-0.4, -0.2) is 35.8 Å².